The van der Waals surface area contributed by atoms with E-state index in [1.807, 2.05) is 0 Å². The van der Waals surface area contributed by atoms with Crippen LogP contribution in [0.2, 0.25) is 0 Å². The maximum Gasteiger partial charge on any atom is -0.0261 e. The quantitative estimate of drug-likeness (QED) is 0.463. The molecule has 0 aromatic rings. The molecule has 0 heteroatoms. The minimum atomic E-state index is 0.878. The largest absolute Gasteiger partial charge is 0.0591 e. The predicted octanol–water partition coefficient (Wildman–Crippen LogP) is 2.44. The first kappa shape index (κ1) is 4.76. The Balaban J connectivity index is 2.02. The van der Waals surface area contributed by atoms with Crippen molar-refractivity contribution in [3.05, 3.63) is 0 Å². The van der Waals surface area contributed by atoms with Gasteiger partial charge in [-0.25, -0.2) is 0 Å². The second-order valence-electron chi connectivity index (χ2n) is 4.60. The van der Waals surface area contributed by atoms with Crippen molar-refractivity contribution in [3.63, 3.8) is 0 Å². The van der Waals surface area contributed by atoms with Crippen LogP contribution in [0.4, 0.5) is 0 Å². The Labute approximate surface area is 56.6 Å². The molecule has 4 atom stereocenters. The van der Waals surface area contributed by atoms with E-state index in [1.54, 1.807) is 25.7 Å². The lowest BCUT2D eigenvalue weighted by Crippen LogP contribution is -2.12. The van der Waals surface area contributed by atoms with Crippen molar-refractivity contribution in [2.24, 2.45) is 23.2 Å². The number of hydrogen-bond donors (Lipinski definition) is 0. The molecule has 0 amide bonds. The van der Waals surface area contributed by atoms with Gasteiger partial charge < -0.3 is 0 Å². The van der Waals surface area contributed by atoms with E-state index in [1.165, 1.54) is 11.8 Å². The second-order valence-corrected chi connectivity index (χ2v) is 4.60. The van der Waals surface area contributed by atoms with Gasteiger partial charge in [-0.05, 0) is 42.4 Å². The van der Waals surface area contributed by atoms with Crippen LogP contribution in [0.1, 0.15) is 32.6 Å². The minimum Gasteiger partial charge on any atom is -0.0591 e. The fraction of sp³-hybridized carbons (Fsp3) is 1.00. The van der Waals surface area contributed by atoms with Crippen LogP contribution in [-0.4, -0.2) is 0 Å². The summed E-state index contributed by atoms with van der Waals surface area (Å²) in [4.78, 5) is 0. The molecule has 0 heterocycles. The van der Waals surface area contributed by atoms with Gasteiger partial charge in [-0.3, -0.25) is 0 Å². The summed E-state index contributed by atoms with van der Waals surface area (Å²) >= 11 is 0. The van der Waals surface area contributed by atoms with E-state index < -0.39 is 0 Å². The third-order valence-electron chi connectivity index (χ3n) is 4.27. The van der Waals surface area contributed by atoms with Crippen molar-refractivity contribution < 1.29 is 0 Å². The van der Waals surface area contributed by atoms with Crippen LogP contribution in [0.15, 0.2) is 0 Å². The van der Waals surface area contributed by atoms with Crippen molar-refractivity contribution in [2.45, 2.75) is 32.6 Å². The Hall–Kier alpha value is 0. The lowest BCUT2D eigenvalue weighted by atomic mass is 9.82. The number of fused-ring (bicyclic) bond motifs is 1. The van der Waals surface area contributed by atoms with Crippen LogP contribution < -0.4 is 0 Å². The molecule has 0 aliphatic heterocycles. The summed E-state index contributed by atoms with van der Waals surface area (Å²) in [5.41, 5.74) is 0.878. The molecular formula is C9H14. The zero-order valence-corrected chi connectivity index (χ0v) is 6.06. The molecule has 4 rings (SSSR count). The van der Waals surface area contributed by atoms with Crippen molar-refractivity contribution in [3.8, 4) is 0 Å². The fourth-order valence-electron chi connectivity index (χ4n) is 3.73. The van der Waals surface area contributed by atoms with E-state index in [0.29, 0.717) is 0 Å². The van der Waals surface area contributed by atoms with E-state index in [2.05, 4.69) is 6.92 Å². The molecule has 4 bridgehead atoms. The molecule has 4 aliphatic carbocycles. The van der Waals surface area contributed by atoms with Crippen molar-refractivity contribution >= 4 is 0 Å². The van der Waals surface area contributed by atoms with Crippen molar-refractivity contribution in [1.29, 1.82) is 0 Å². The topological polar surface area (TPSA) is 0 Å². The molecule has 0 radical (unpaired) electrons. The van der Waals surface area contributed by atoms with Gasteiger partial charge in [-0.1, -0.05) is 13.3 Å². The molecule has 0 saturated heterocycles. The van der Waals surface area contributed by atoms with E-state index in [4.69, 9.17) is 0 Å². The number of rotatable bonds is 0. The highest BCUT2D eigenvalue weighted by molar-refractivity contribution is 5.16. The molecule has 0 N–H and O–H groups in total. The van der Waals surface area contributed by atoms with Crippen LogP contribution >= 0.6 is 0 Å². The standard InChI is InChI=1S/C9H14/c1-9-5-6-2-3-7(9)8(9)4-6/h6-8H,2-5H2,1H3/t6?,7-,8?,9?/m1/s1. The van der Waals surface area contributed by atoms with Crippen LogP contribution in [-0.2, 0) is 0 Å². The Kier molecular flexibility index (Phi) is 0.574. The van der Waals surface area contributed by atoms with Gasteiger partial charge >= 0.3 is 0 Å². The van der Waals surface area contributed by atoms with Gasteiger partial charge in [0.2, 0.25) is 0 Å². The predicted molar refractivity (Wildman–Crippen MR) is 37.0 cm³/mol. The maximum atomic E-state index is 2.52. The molecule has 0 spiro atoms. The van der Waals surface area contributed by atoms with Crippen LogP contribution in [0.25, 0.3) is 0 Å². The molecule has 0 aromatic heterocycles. The summed E-state index contributed by atoms with van der Waals surface area (Å²) < 4.78 is 0. The monoisotopic (exact) mass is 122 g/mol. The highest BCUT2D eigenvalue weighted by Crippen LogP contribution is 2.75. The van der Waals surface area contributed by atoms with Gasteiger partial charge in [0.05, 0.1) is 0 Å². The van der Waals surface area contributed by atoms with Gasteiger partial charge in [0, 0.05) is 0 Å². The summed E-state index contributed by atoms with van der Waals surface area (Å²) in [6.45, 7) is 2.52. The molecule has 0 aromatic carbocycles. The zero-order chi connectivity index (χ0) is 6.06. The molecule has 4 aliphatic rings. The van der Waals surface area contributed by atoms with E-state index in [0.717, 1.165) is 11.3 Å². The van der Waals surface area contributed by atoms with Gasteiger partial charge in [0.1, 0.15) is 0 Å². The van der Waals surface area contributed by atoms with Gasteiger partial charge in [-0.15, -0.1) is 0 Å². The zero-order valence-electron chi connectivity index (χ0n) is 6.06. The molecular weight excluding hydrogens is 108 g/mol. The SMILES string of the molecule is CC12CC3CC[C@@H]1C2C3. The molecule has 4 saturated carbocycles. The lowest BCUT2D eigenvalue weighted by Gasteiger charge is -2.23. The van der Waals surface area contributed by atoms with Crippen molar-refractivity contribution in [1.82, 2.24) is 0 Å². The van der Waals surface area contributed by atoms with Gasteiger partial charge in [-0.2, -0.15) is 0 Å². The Morgan fingerprint density at radius 2 is 2.11 bits per heavy atom. The smallest absolute Gasteiger partial charge is 0.0261 e. The van der Waals surface area contributed by atoms with Gasteiger partial charge in [0.15, 0.2) is 0 Å². The van der Waals surface area contributed by atoms with Gasteiger partial charge in [0.25, 0.3) is 0 Å². The third kappa shape index (κ3) is 0.367. The summed E-state index contributed by atoms with van der Waals surface area (Å²) in [7, 11) is 0. The average Bonchev–Trinajstić information content (AvgIpc) is 2.30. The molecule has 50 valence electrons. The Morgan fingerprint density at radius 1 is 1.22 bits per heavy atom. The Morgan fingerprint density at radius 3 is 2.33 bits per heavy atom. The highest BCUT2D eigenvalue weighted by atomic mass is 14.7. The maximum absolute atomic E-state index is 2.52. The normalized spacial score (nSPS) is 68.3. The van der Waals surface area contributed by atoms with E-state index in [-0.39, 0.29) is 0 Å². The highest BCUT2D eigenvalue weighted by Gasteiger charge is 2.67. The molecule has 9 heavy (non-hydrogen) atoms. The molecule has 4 fully saturated rings. The second kappa shape index (κ2) is 1.09. The first-order valence-corrected chi connectivity index (χ1v) is 4.31. The summed E-state index contributed by atoms with van der Waals surface area (Å²) in [6.07, 6.45) is 6.33. The van der Waals surface area contributed by atoms with Crippen LogP contribution in [0, 0.1) is 23.2 Å². The summed E-state index contributed by atoms with van der Waals surface area (Å²) in [5.74, 6) is 3.53. The minimum absolute atomic E-state index is 0.878. The molecule has 0 nitrogen and oxygen atoms in total. The Bertz CT molecular complexity index is 155. The van der Waals surface area contributed by atoms with Crippen LogP contribution in [0.5, 0.6) is 0 Å². The summed E-state index contributed by atoms with van der Waals surface area (Å²) in [6, 6.07) is 0. The average molecular weight is 122 g/mol. The van der Waals surface area contributed by atoms with Crippen molar-refractivity contribution in [2.75, 3.05) is 0 Å². The lowest BCUT2D eigenvalue weighted by molar-refractivity contribution is 0.277. The first-order chi connectivity index (χ1) is 4.31. The number of hydrogen-bond acceptors (Lipinski definition) is 0. The summed E-state index contributed by atoms with van der Waals surface area (Å²) in [5, 5.41) is 0. The molecule has 3 unspecified atom stereocenters. The van der Waals surface area contributed by atoms with E-state index >= 15 is 0 Å². The fourth-order valence-corrected chi connectivity index (χ4v) is 3.73. The van der Waals surface area contributed by atoms with Crippen LogP contribution in [0.3, 0.4) is 0 Å². The third-order valence-corrected chi connectivity index (χ3v) is 4.27. The first-order valence-electron chi connectivity index (χ1n) is 4.31. The van der Waals surface area contributed by atoms with E-state index in [9.17, 15) is 0 Å².